The fourth-order valence-corrected chi connectivity index (χ4v) is 3.05. The fraction of sp³-hybridized carbons (Fsp3) is 0.222. The van der Waals surface area contributed by atoms with Crippen LogP contribution >= 0.6 is 11.8 Å². The highest BCUT2D eigenvalue weighted by molar-refractivity contribution is 8.14. The van der Waals surface area contributed by atoms with Crippen LogP contribution in [0, 0.1) is 0 Å². The lowest BCUT2D eigenvalue weighted by Gasteiger charge is -2.13. The Hall–Kier alpha value is -2.67. The molecule has 7 heteroatoms. The minimum absolute atomic E-state index is 0.328. The second-order valence-electron chi connectivity index (χ2n) is 5.44. The second-order valence-corrected chi connectivity index (χ2v) is 6.53. The summed E-state index contributed by atoms with van der Waals surface area (Å²) in [6.07, 6.45) is 2.71. The number of anilines is 1. The van der Waals surface area contributed by atoms with Crippen LogP contribution in [0.1, 0.15) is 29.4 Å². The molecular weight excluding hydrogens is 334 g/mol. The largest absolute Gasteiger partial charge is 0.335 e. The molecule has 2 N–H and O–H groups in total. The normalized spacial score (nSPS) is 14.6. The highest BCUT2D eigenvalue weighted by Crippen LogP contribution is 2.17. The van der Waals surface area contributed by atoms with Gasteiger partial charge in [0.2, 0.25) is 0 Å². The molecule has 1 aliphatic heterocycles. The molecular formula is C18H19N5OS. The van der Waals surface area contributed by atoms with Crippen molar-refractivity contribution < 1.29 is 4.79 Å². The van der Waals surface area contributed by atoms with Crippen molar-refractivity contribution in [2.75, 3.05) is 17.6 Å². The van der Waals surface area contributed by atoms with Crippen LogP contribution in [0.2, 0.25) is 0 Å². The number of benzene rings is 1. The molecule has 0 fully saturated rings. The number of amides is 1. The number of hydrogen-bond donors (Lipinski definition) is 2. The summed E-state index contributed by atoms with van der Waals surface area (Å²) in [4.78, 5) is 20.4. The van der Waals surface area contributed by atoms with Crippen LogP contribution in [0.15, 0.2) is 58.8 Å². The Morgan fingerprint density at radius 1 is 1.20 bits per heavy atom. The number of carbonyl (C=O) groups is 1. The lowest BCUT2D eigenvalue weighted by Crippen LogP contribution is -2.20. The van der Waals surface area contributed by atoms with Crippen LogP contribution < -0.4 is 10.7 Å². The van der Waals surface area contributed by atoms with Crippen LogP contribution in [0.5, 0.6) is 0 Å². The van der Waals surface area contributed by atoms with Crippen molar-refractivity contribution in [1.29, 1.82) is 0 Å². The molecule has 0 atom stereocenters. The maximum atomic E-state index is 11.9. The minimum atomic E-state index is -0.328. The molecule has 6 nitrogen and oxygen atoms in total. The average Bonchev–Trinajstić information content (AvgIpc) is 2.68. The van der Waals surface area contributed by atoms with E-state index in [1.807, 2.05) is 31.2 Å². The Morgan fingerprint density at radius 3 is 2.72 bits per heavy atom. The van der Waals surface area contributed by atoms with Gasteiger partial charge in [-0.1, -0.05) is 30.0 Å². The van der Waals surface area contributed by atoms with E-state index in [9.17, 15) is 4.79 Å². The number of thioether (sulfide) groups is 1. The molecule has 1 aliphatic rings. The summed E-state index contributed by atoms with van der Waals surface area (Å²) >= 11 is 1.74. The first-order valence-electron chi connectivity index (χ1n) is 8.03. The molecule has 25 heavy (non-hydrogen) atoms. The first kappa shape index (κ1) is 17.2. The molecule has 1 amide bonds. The molecule has 0 saturated heterocycles. The SMILES string of the molecule is C/C(=N/NC(=O)c1ccccn1)c1ccc(NC2=NCCCS2)cc1. The summed E-state index contributed by atoms with van der Waals surface area (Å²) in [6.45, 7) is 2.73. The summed E-state index contributed by atoms with van der Waals surface area (Å²) in [5, 5.41) is 8.42. The van der Waals surface area contributed by atoms with E-state index in [4.69, 9.17) is 0 Å². The highest BCUT2D eigenvalue weighted by atomic mass is 32.2. The molecule has 3 rings (SSSR count). The third kappa shape index (κ3) is 4.90. The van der Waals surface area contributed by atoms with E-state index in [2.05, 4.69) is 25.8 Å². The number of aromatic nitrogens is 1. The second kappa shape index (κ2) is 8.43. The lowest BCUT2D eigenvalue weighted by atomic mass is 10.1. The van der Waals surface area contributed by atoms with Gasteiger partial charge in [-0.3, -0.25) is 14.8 Å². The van der Waals surface area contributed by atoms with Gasteiger partial charge in [-0.25, -0.2) is 5.43 Å². The van der Waals surface area contributed by atoms with E-state index in [1.165, 1.54) is 0 Å². The van der Waals surface area contributed by atoms with Gasteiger partial charge in [0, 0.05) is 24.2 Å². The minimum Gasteiger partial charge on any atom is -0.335 e. The van der Waals surface area contributed by atoms with Crippen molar-refractivity contribution in [3.05, 3.63) is 59.9 Å². The van der Waals surface area contributed by atoms with Gasteiger partial charge in [0.15, 0.2) is 5.17 Å². The van der Waals surface area contributed by atoms with Crippen molar-refractivity contribution in [3.8, 4) is 0 Å². The Balaban J connectivity index is 1.61. The van der Waals surface area contributed by atoms with Gasteiger partial charge >= 0.3 is 0 Å². The van der Waals surface area contributed by atoms with Crippen molar-refractivity contribution in [3.63, 3.8) is 0 Å². The zero-order valence-electron chi connectivity index (χ0n) is 13.9. The Morgan fingerprint density at radius 2 is 2.04 bits per heavy atom. The van der Waals surface area contributed by atoms with Crippen molar-refractivity contribution >= 4 is 34.2 Å². The summed E-state index contributed by atoms with van der Waals surface area (Å²) < 4.78 is 0. The quantitative estimate of drug-likeness (QED) is 0.654. The van der Waals surface area contributed by atoms with Crippen LogP contribution in [-0.2, 0) is 0 Å². The number of carbonyl (C=O) groups excluding carboxylic acids is 1. The zero-order chi connectivity index (χ0) is 17.5. The predicted octanol–water partition coefficient (Wildman–Crippen LogP) is 3.14. The third-order valence-corrected chi connectivity index (χ3v) is 4.57. The van der Waals surface area contributed by atoms with Gasteiger partial charge in [0.05, 0.1) is 5.71 Å². The van der Waals surface area contributed by atoms with E-state index in [-0.39, 0.29) is 5.91 Å². The first-order chi connectivity index (χ1) is 12.2. The monoisotopic (exact) mass is 353 g/mol. The molecule has 0 radical (unpaired) electrons. The molecule has 0 aliphatic carbocycles. The molecule has 0 unspecified atom stereocenters. The molecule has 0 bridgehead atoms. The first-order valence-corrected chi connectivity index (χ1v) is 9.01. The molecule has 1 aromatic carbocycles. The number of rotatable bonds is 4. The summed E-state index contributed by atoms with van der Waals surface area (Å²) in [7, 11) is 0. The van der Waals surface area contributed by atoms with E-state index in [0.717, 1.165) is 40.8 Å². The topological polar surface area (TPSA) is 78.7 Å². The Kier molecular flexibility index (Phi) is 5.79. The number of nitrogens with zero attached hydrogens (tertiary/aromatic N) is 3. The maximum absolute atomic E-state index is 11.9. The predicted molar refractivity (Wildman–Crippen MR) is 103 cm³/mol. The van der Waals surface area contributed by atoms with Gasteiger partial charge in [0.1, 0.15) is 5.69 Å². The molecule has 2 heterocycles. The summed E-state index contributed by atoms with van der Waals surface area (Å²) in [5.74, 6) is 0.775. The van der Waals surface area contributed by atoms with Crippen LogP contribution in [0.4, 0.5) is 5.69 Å². The van der Waals surface area contributed by atoms with Crippen LogP contribution in [0.3, 0.4) is 0 Å². The molecule has 0 saturated carbocycles. The van der Waals surface area contributed by atoms with Crippen molar-refractivity contribution in [2.24, 2.45) is 10.1 Å². The van der Waals surface area contributed by atoms with E-state index < -0.39 is 0 Å². The lowest BCUT2D eigenvalue weighted by molar-refractivity contribution is 0.0950. The Bertz CT molecular complexity index is 787. The molecule has 128 valence electrons. The van der Waals surface area contributed by atoms with Crippen LogP contribution in [-0.4, -0.2) is 34.1 Å². The van der Waals surface area contributed by atoms with Crippen LogP contribution in [0.25, 0.3) is 0 Å². The van der Waals surface area contributed by atoms with Gasteiger partial charge in [0.25, 0.3) is 5.91 Å². The number of hydrazone groups is 1. The standard InChI is InChI=1S/C18H19N5OS/c1-13(22-23-17(24)16-5-2-3-10-19-16)14-6-8-15(9-7-14)21-18-20-11-4-12-25-18/h2-3,5-10H,4,11-12H2,1H3,(H,20,21)(H,23,24)/b22-13-. The van der Waals surface area contributed by atoms with E-state index in [0.29, 0.717) is 5.69 Å². The summed E-state index contributed by atoms with van der Waals surface area (Å²) in [5.41, 5.74) is 5.51. The van der Waals surface area contributed by atoms with Gasteiger partial charge in [-0.05, 0) is 43.2 Å². The van der Waals surface area contributed by atoms with E-state index in [1.54, 1.807) is 36.2 Å². The smallest absolute Gasteiger partial charge is 0.289 e. The van der Waals surface area contributed by atoms with Gasteiger partial charge < -0.3 is 5.32 Å². The van der Waals surface area contributed by atoms with Crippen molar-refractivity contribution in [1.82, 2.24) is 10.4 Å². The van der Waals surface area contributed by atoms with Crippen molar-refractivity contribution in [2.45, 2.75) is 13.3 Å². The summed E-state index contributed by atoms with van der Waals surface area (Å²) in [6, 6.07) is 13.0. The number of aliphatic imine (C=N–C) groups is 1. The highest BCUT2D eigenvalue weighted by Gasteiger charge is 2.07. The van der Waals surface area contributed by atoms with Gasteiger partial charge in [-0.2, -0.15) is 5.10 Å². The molecule has 1 aromatic heterocycles. The fourth-order valence-electron chi connectivity index (χ4n) is 2.21. The average molecular weight is 353 g/mol. The number of hydrogen-bond acceptors (Lipinski definition) is 6. The zero-order valence-corrected chi connectivity index (χ0v) is 14.7. The Labute approximate surface area is 150 Å². The number of amidine groups is 1. The molecule has 0 spiro atoms. The number of nitrogens with one attached hydrogen (secondary N) is 2. The molecule has 2 aromatic rings. The maximum Gasteiger partial charge on any atom is 0.289 e. The van der Waals surface area contributed by atoms with Gasteiger partial charge in [-0.15, -0.1) is 0 Å². The third-order valence-electron chi connectivity index (χ3n) is 3.57. The number of pyridine rings is 1. The van der Waals surface area contributed by atoms with E-state index >= 15 is 0 Å².